The van der Waals surface area contributed by atoms with Crippen molar-refractivity contribution in [3.8, 4) is 0 Å². The molecule has 1 N–H and O–H groups in total. The van der Waals surface area contributed by atoms with E-state index in [0.717, 1.165) is 29.3 Å². The predicted molar refractivity (Wildman–Crippen MR) is 114 cm³/mol. The highest BCUT2D eigenvalue weighted by molar-refractivity contribution is 8.18. The van der Waals surface area contributed by atoms with Gasteiger partial charge in [-0.25, -0.2) is 0 Å². The Balaban J connectivity index is 1.28. The van der Waals surface area contributed by atoms with Crippen LogP contribution in [-0.4, -0.2) is 35.0 Å². The molecular weight excluding hydrogens is 408 g/mol. The van der Waals surface area contributed by atoms with Crippen LogP contribution in [0.25, 0.3) is 6.08 Å². The number of carbonyl (C=O) groups excluding carboxylic acids is 3. The van der Waals surface area contributed by atoms with Gasteiger partial charge in [-0.05, 0) is 53.4 Å². The van der Waals surface area contributed by atoms with Crippen molar-refractivity contribution >= 4 is 46.5 Å². The van der Waals surface area contributed by atoms with Gasteiger partial charge in [0, 0.05) is 24.0 Å². The molecule has 2 aliphatic rings. The van der Waals surface area contributed by atoms with Crippen molar-refractivity contribution in [1.29, 1.82) is 0 Å². The molecule has 7 heteroatoms. The first-order valence-corrected chi connectivity index (χ1v) is 10.6. The van der Waals surface area contributed by atoms with Gasteiger partial charge in [-0.3, -0.25) is 19.3 Å². The SMILES string of the molecule is O=C(NCCN1C(=O)SC(=Cc2ccccc2)C1=O)C1CC1c1ccc(Cl)cc1. The minimum atomic E-state index is -0.316. The van der Waals surface area contributed by atoms with Crippen LogP contribution in [0.3, 0.4) is 0 Å². The summed E-state index contributed by atoms with van der Waals surface area (Å²) in [6.45, 7) is 0.417. The van der Waals surface area contributed by atoms with E-state index in [2.05, 4.69) is 5.32 Å². The van der Waals surface area contributed by atoms with Gasteiger partial charge in [0.05, 0.1) is 4.91 Å². The fourth-order valence-electron chi connectivity index (χ4n) is 3.38. The number of imide groups is 1. The van der Waals surface area contributed by atoms with Crippen LogP contribution in [-0.2, 0) is 9.59 Å². The van der Waals surface area contributed by atoms with Crippen molar-refractivity contribution < 1.29 is 14.4 Å². The van der Waals surface area contributed by atoms with E-state index in [1.54, 1.807) is 6.08 Å². The maximum absolute atomic E-state index is 12.5. The van der Waals surface area contributed by atoms with Gasteiger partial charge in [-0.1, -0.05) is 54.1 Å². The lowest BCUT2D eigenvalue weighted by Gasteiger charge is -2.13. The van der Waals surface area contributed by atoms with E-state index in [9.17, 15) is 14.4 Å². The first-order valence-electron chi connectivity index (χ1n) is 9.36. The van der Waals surface area contributed by atoms with Gasteiger partial charge in [-0.15, -0.1) is 0 Å². The van der Waals surface area contributed by atoms with Crippen molar-refractivity contribution in [3.05, 3.63) is 75.7 Å². The average Bonchev–Trinajstić information content (AvgIpc) is 3.47. The normalized spacial score (nSPS) is 22.2. The number of amides is 3. The molecule has 1 heterocycles. The number of halogens is 1. The maximum atomic E-state index is 12.5. The molecule has 4 rings (SSSR count). The van der Waals surface area contributed by atoms with Gasteiger partial charge in [0.25, 0.3) is 11.1 Å². The third-order valence-electron chi connectivity index (χ3n) is 5.03. The monoisotopic (exact) mass is 426 g/mol. The van der Waals surface area contributed by atoms with Gasteiger partial charge in [0.2, 0.25) is 5.91 Å². The number of nitrogens with zero attached hydrogens (tertiary/aromatic N) is 1. The second kappa shape index (κ2) is 8.43. The molecule has 0 bridgehead atoms. The second-order valence-electron chi connectivity index (χ2n) is 7.04. The first-order chi connectivity index (χ1) is 14.0. The number of carbonyl (C=O) groups is 3. The van der Waals surface area contributed by atoms with E-state index in [-0.39, 0.29) is 42.0 Å². The fourth-order valence-corrected chi connectivity index (χ4v) is 4.37. The van der Waals surface area contributed by atoms with Crippen LogP contribution in [0.5, 0.6) is 0 Å². The lowest BCUT2D eigenvalue weighted by Crippen LogP contribution is -2.37. The molecule has 3 amide bonds. The summed E-state index contributed by atoms with van der Waals surface area (Å²) in [6, 6.07) is 16.9. The molecule has 1 saturated carbocycles. The molecule has 1 aliphatic carbocycles. The molecule has 0 radical (unpaired) electrons. The topological polar surface area (TPSA) is 66.5 Å². The van der Waals surface area contributed by atoms with Gasteiger partial charge in [0.1, 0.15) is 0 Å². The average molecular weight is 427 g/mol. The van der Waals surface area contributed by atoms with E-state index in [4.69, 9.17) is 11.6 Å². The molecular formula is C22H19ClN2O3S. The predicted octanol–water partition coefficient (Wildman–Crippen LogP) is 4.30. The van der Waals surface area contributed by atoms with Crippen molar-refractivity contribution in [2.24, 2.45) is 5.92 Å². The van der Waals surface area contributed by atoms with Crippen LogP contribution in [0.4, 0.5) is 4.79 Å². The molecule has 148 valence electrons. The Bertz CT molecular complexity index is 975. The summed E-state index contributed by atoms with van der Waals surface area (Å²) in [4.78, 5) is 38.6. The summed E-state index contributed by atoms with van der Waals surface area (Å²) < 4.78 is 0. The lowest BCUT2D eigenvalue weighted by atomic mass is 10.1. The number of nitrogens with one attached hydrogen (secondary N) is 1. The zero-order valence-electron chi connectivity index (χ0n) is 15.5. The molecule has 2 unspecified atom stereocenters. The van der Waals surface area contributed by atoms with E-state index < -0.39 is 0 Å². The van der Waals surface area contributed by atoms with Crippen molar-refractivity contribution in [2.45, 2.75) is 12.3 Å². The Labute approximate surface area is 178 Å². The van der Waals surface area contributed by atoms with Crippen LogP contribution < -0.4 is 5.32 Å². The number of hydrogen-bond acceptors (Lipinski definition) is 4. The summed E-state index contributed by atoms with van der Waals surface area (Å²) in [6.07, 6.45) is 2.51. The minimum Gasteiger partial charge on any atom is -0.354 e. The molecule has 5 nitrogen and oxygen atoms in total. The zero-order chi connectivity index (χ0) is 20.4. The van der Waals surface area contributed by atoms with Crippen LogP contribution in [0, 0.1) is 5.92 Å². The summed E-state index contributed by atoms with van der Waals surface area (Å²) in [7, 11) is 0. The molecule has 1 saturated heterocycles. The van der Waals surface area contributed by atoms with E-state index in [0.29, 0.717) is 9.93 Å². The number of thioether (sulfide) groups is 1. The summed E-state index contributed by atoms with van der Waals surface area (Å²) in [5.41, 5.74) is 1.97. The highest BCUT2D eigenvalue weighted by Gasteiger charge is 2.44. The Morgan fingerprint density at radius 3 is 2.59 bits per heavy atom. The third kappa shape index (κ3) is 4.54. The summed E-state index contributed by atoms with van der Waals surface area (Å²) in [5.74, 6) is -0.220. The Kier molecular flexibility index (Phi) is 5.74. The van der Waals surface area contributed by atoms with Gasteiger partial charge in [-0.2, -0.15) is 0 Å². The molecule has 2 fully saturated rings. The van der Waals surface area contributed by atoms with Crippen LogP contribution in [0.1, 0.15) is 23.5 Å². The van der Waals surface area contributed by atoms with Crippen LogP contribution in [0.2, 0.25) is 5.02 Å². The van der Waals surface area contributed by atoms with E-state index >= 15 is 0 Å². The highest BCUT2D eigenvalue weighted by atomic mass is 35.5. The van der Waals surface area contributed by atoms with Crippen molar-refractivity contribution in [2.75, 3.05) is 13.1 Å². The molecule has 1 aliphatic heterocycles. The molecule has 2 aromatic carbocycles. The molecule has 29 heavy (non-hydrogen) atoms. The maximum Gasteiger partial charge on any atom is 0.293 e. The van der Waals surface area contributed by atoms with Crippen molar-refractivity contribution in [1.82, 2.24) is 10.2 Å². The number of benzene rings is 2. The lowest BCUT2D eigenvalue weighted by molar-refractivity contribution is -0.124. The Morgan fingerprint density at radius 1 is 1.14 bits per heavy atom. The molecule has 2 aromatic rings. The minimum absolute atomic E-state index is 0.0447. The van der Waals surface area contributed by atoms with Crippen LogP contribution >= 0.6 is 23.4 Å². The zero-order valence-corrected chi connectivity index (χ0v) is 17.1. The Morgan fingerprint density at radius 2 is 1.86 bits per heavy atom. The van der Waals surface area contributed by atoms with E-state index in [1.807, 2.05) is 54.6 Å². The largest absolute Gasteiger partial charge is 0.354 e. The van der Waals surface area contributed by atoms with Gasteiger partial charge < -0.3 is 5.32 Å². The van der Waals surface area contributed by atoms with Crippen molar-refractivity contribution in [3.63, 3.8) is 0 Å². The fraction of sp³-hybridized carbons (Fsp3) is 0.227. The summed E-state index contributed by atoms with van der Waals surface area (Å²) in [5, 5.41) is 3.21. The molecule has 0 aromatic heterocycles. The summed E-state index contributed by atoms with van der Waals surface area (Å²) >= 11 is 6.83. The second-order valence-corrected chi connectivity index (χ2v) is 8.46. The molecule has 0 spiro atoms. The first kappa shape index (κ1) is 19.7. The van der Waals surface area contributed by atoms with E-state index in [1.165, 1.54) is 4.90 Å². The van der Waals surface area contributed by atoms with Crippen LogP contribution in [0.15, 0.2) is 59.5 Å². The molecule has 2 atom stereocenters. The third-order valence-corrected chi connectivity index (χ3v) is 6.19. The smallest absolute Gasteiger partial charge is 0.293 e. The number of hydrogen-bond donors (Lipinski definition) is 1. The highest BCUT2D eigenvalue weighted by Crippen LogP contribution is 2.47. The number of rotatable bonds is 6. The van der Waals surface area contributed by atoms with Gasteiger partial charge >= 0.3 is 0 Å². The van der Waals surface area contributed by atoms with Gasteiger partial charge in [0.15, 0.2) is 0 Å². The quantitative estimate of drug-likeness (QED) is 0.699. The Hall–Kier alpha value is -2.57. The standard InChI is InChI=1S/C22H19ClN2O3S/c23-16-8-6-15(7-9-16)17-13-18(17)20(26)24-10-11-25-21(27)19(29-22(25)28)12-14-4-2-1-3-5-14/h1-9,12,17-18H,10-11,13H2,(H,24,26).